The quantitative estimate of drug-likeness (QED) is 0.630. The second kappa shape index (κ2) is 8.47. The summed E-state index contributed by atoms with van der Waals surface area (Å²) in [6.45, 7) is 0.251. The highest BCUT2D eigenvalue weighted by Gasteiger charge is 2.35. The van der Waals surface area contributed by atoms with Gasteiger partial charge >= 0.3 is 0 Å². The number of ether oxygens (including phenoxy) is 3. The van der Waals surface area contributed by atoms with Crippen LogP contribution in [0.25, 0.3) is 0 Å². The average molecular weight is 405 g/mol. The molecule has 1 unspecified atom stereocenters. The summed E-state index contributed by atoms with van der Waals surface area (Å²) >= 11 is 0. The molecule has 1 aliphatic heterocycles. The first-order valence-corrected chi connectivity index (χ1v) is 9.56. The van der Waals surface area contributed by atoms with Gasteiger partial charge in [0.05, 0.1) is 21.3 Å². The van der Waals surface area contributed by atoms with Crippen LogP contribution in [-0.4, -0.2) is 32.3 Å². The number of hydrogen-bond acceptors (Lipinski definition) is 5. The third-order valence-electron chi connectivity index (χ3n) is 5.19. The first-order valence-electron chi connectivity index (χ1n) is 9.56. The van der Waals surface area contributed by atoms with Crippen LogP contribution in [0.3, 0.4) is 0 Å². The fraction of sp³-hybridized carbons (Fsp3) is 0.208. The summed E-state index contributed by atoms with van der Waals surface area (Å²) in [5.74, 6) is 1.69. The van der Waals surface area contributed by atoms with Gasteiger partial charge in [-0.15, -0.1) is 0 Å². The minimum atomic E-state index is -0.427. The maximum absolute atomic E-state index is 13.4. The van der Waals surface area contributed by atoms with Crippen molar-refractivity contribution in [1.29, 1.82) is 0 Å². The smallest absolute Gasteiger partial charge is 0.278 e. The number of fused-ring (bicyclic) bond motifs is 1. The van der Waals surface area contributed by atoms with Gasteiger partial charge in [-0.3, -0.25) is 9.63 Å². The van der Waals surface area contributed by atoms with Gasteiger partial charge in [-0.1, -0.05) is 30.3 Å². The predicted octanol–water partition coefficient (Wildman–Crippen LogP) is 4.39. The number of benzene rings is 3. The van der Waals surface area contributed by atoms with Crippen molar-refractivity contribution in [3.63, 3.8) is 0 Å². The molecular formula is C24H23NO5. The van der Waals surface area contributed by atoms with Gasteiger partial charge in [-0.2, -0.15) is 0 Å². The largest absolute Gasteiger partial charge is 0.497 e. The second-order valence-corrected chi connectivity index (χ2v) is 6.85. The van der Waals surface area contributed by atoms with Crippen LogP contribution in [0.2, 0.25) is 0 Å². The number of hydroxylamine groups is 2. The molecule has 0 bridgehead atoms. The van der Waals surface area contributed by atoms with E-state index in [2.05, 4.69) is 0 Å². The van der Waals surface area contributed by atoms with E-state index in [4.69, 9.17) is 19.0 Å². The Morgan fingerprint density at radius 2 is 1.57 bits per heavy atom. The van der Waals surface area contributed by atoms with Crippen LogP contribution in [-0.2, 0) is 11.4 Å². The molecule has 6 heteroatoms. The van der Waals surface area contributed by atoms with E-state index in [1.165, 1.54) is 5.06 Å². The van der Waals surface area contributed by atoms with Gasteiger partial charge in [0, 0.05) is 5.56 Å². The summed E-state index contributed by atoms with van der Waals surface area (Å²) in [7, 11) is 4.79. The molecule has 0 saturated heterocycles. The molecule has 1 aliphatic rings. The van der Waals surface area contributed by atoms with Gasteiger partial charge in [0.1, 0.15) is 18.4 Å². The number of nitrogens with zero attached hydrogens (tertiary/aromatic N) is 1. The van der Waals surface area contributed by atoms with Gasteiger partial charge < -0.3 is 14.2 Å². The van der Waals surface area contributed by atoms with Gasteiger partial charge in [0.15, 0.2) is 11.5 Å². The van der Waals surface area contributed by atoms with E-state index in [0.29, 0.717) is 22.8 Å². The second-order valence-electron chi connectivity index (χ2n) is 6.85. The third kappa shape index (κ3) is 3.57. The Balaban J connectivity index is 1.80. The molecule has 30 heavy (non-hydrogen) atoms. The summed E-state index contributed by atoms with van der Waals surface area (Å²) in [5.41, 5.74) is 3.33. The van der Waals surface area contributed by atoms with E-state index >= 15 is 0 Å². The van der Waals surface area contributed by atoms with Crippen molar-refractivity contribution in [2.45, 2.75) is 12.6 Å². The highest BCUT2D eigenvalue weighted by molar-refractivity contribution is 5.94. The Hall–Kier alpha value is -3.51. The van der Waals surface area contributed by atoms with Gasteiger partial charge in [-0.05, 0) is 53.1 Å². The monoisotopic (exact) mass is 405 g/mol. The Morgan fingerprint density at radius 3 is 2.20 bits per heavy atom. The third-order valence-corrected chi connectivity index (χ3v) is 5.19. The van der Waals surface area contributed by atoms with Crippen molar-refractivity contribution in [2.24, 2.45) is 0 Å². The lowest BCUT2D eigenvalue weighted by atomic mass is 9.92. The van der Waals surface area contributed by atoms with Gasteiger partial charge in [0.2, 0.25) is 0 Å². The summed E-state index contributed by atoms with van der Waals surface area (Å²) in [5, 5.41) is 1.44. The van der Waals surface area contributed by atoms with Crippen LogP contribution in [0.1, 0.15) is 33.1 Å². The number of amides is 1. The van der Waals surface area contributed by atoms with E-state index in [9.17, 15) is 4.79 Å². The Labute approximate surface area is 175 Å². The van der Waals surface area contributed by atoms with Crippen LogP contribution in [0, 0.1) is 0 Å². The molecular weight excluding hydrogens is 382 g/mol. The van der Waals surface area contributed by atoms with Crippen molar-refractivity contribution in [3.05, 3.63) is 89.0 Å². The number of hydrogen-bond donors (Lipinski definition) is 0. The molecule has 0 radical (unpaired) electrons. The molecule has 0 spiro atoms. The first-order chi connectivity index (χ1) is 14.7. The van der Waals surface area contributed by atoms with Crippen LogP contribution in [0.5, 0.6) is 17.2 Å². The van der Waals surface area contributed by atoms with E-state index < -0.39 is 6.04 Å². The molecule has 0 fully saturated rings. The van der Waals surface area contributed by atoms with E-state index in [1.807, 2.05) is 42.5 Å². The highest BCUT2D eigenvalue weighted by Crippen LogP contribution is 2.42. The topological polar surface area (TPSA) is 57.2 Å². The number of rotatable bonds is 5. The molecule has 3 aromatic rings. The fourth-order valence-corrected chi connectivity index (χ4v) is 3.64. The number of carbonyl (C=O) groups excluding carboxylic acids is 1. The highest BCUT2D eigenvalue weighted by atomic mass is 16.7. The molecule has 3 aromatic carbocycles. The van der Waals surface area contributed by atoms with Crippen LogP contribution in [0.4, 0.5) is 0 Å². The molecule has 154 valence electrons. The molecule has 0 aromatic heterocycles. The molecule has 0 aliphatic carbocycles. The van der Waals surface area contributed by atoms with Gasteiger partial charge in [0.25, 0.3) is 5.91 Å². The minimum Gasteiger partial charge on any atom is -0.497 e. The number of carbonyl (C=O) groups is 1. The molecule has 0 saturated carbocycles. The first kappa shape index (κ1) is 19.8. The van der Waals surface area contributed by atoms with Crippen LogP contribution >= 0.6 is 0 Å². The van der Waals surface area contributed by atoms with Crippen molar-refractivity contribution >= 4 is 5.91 Å². The van der Waals surface area contributed by atoms with Crippen LogP contribution < -0.4 is 14.2 Å². The molecule has 4 rings (SSSR count). The van der Waals surface area contributed by atoms with E-state index in [1.54, 1.807) is 45.6 Å². The average Bonchev–Trinajstić information content (AvgIpc) is 2.82. The maximum Gasteiger partial charge on any atom is 0.278 e. The Morgan fingerprint density at radius 1 is 0.900 bits per heavy atom. The van der Waals surface area contributed by atoms with Crippen molar-refractivity contribution in [3.8, 4) is 17.2 Å². The summed E-state index contributed by atoms with van der Waals surface area (Å²) < 4.78 is 16.1. The molecule has 1 amide bonds. The van der Waals surface area contributed by atoms with Crippen LogP contribution in [0.15, 0.2) is 66.7 Å². The van der Waals surface area contributed by atoms with E-state index in [0.717, 1.165) is 16.7 Å². The minimum absolute atomic E-state index is 0.230. The normalized spacial score (nSPS) is 15.3. The lowest BCUT2D eigenvalue weighted by Crippen LogP contribution is -2.39. The van der Waals surface area contributed by atoms with Gasteiger partial charge in [-0.25, -0.2) is 5.06 Å². The summed E-state index contributed by atoms with van der Waals surface area (Å²) in [6.07, 6.45) is 0. The SMILES string of the molecule is COc1ccc(C(=O)N2OCc3cc(OC)c(OC)cc3C2c2ccccc2)cc1. The predicted molar refractivity (Wildman–Crippen MR) is 112 cm³/mol. The van der Waals surface area contributed by atoms with Crippen molar-refractivity contribution in [1.82, 2.24) is 5.06 Å². The lowest BCUT2D eigenvalue weighted by molar-refractivity contribution is -0.162. The zero-order valence-corrected chi connectivity index (χ0v) is 17.1. The zero-order valence-electron chi connectivity index (χ0n) is 17.1. The zero-order chi connectivity index (χ0) is 21.1. The standard InChI is InChI=1S/C24H23NO5/c1-27-19-11-9-17(10-12-19)24(26)25-23(16-7-5-4-6-8-16)20-14-22(29-3)21(28-2)13-18(20)15-30-25/h4-14,23H,15H2,1-3H3. The van der Waals surface area contributed by atoms with Crippen molar-refractivity contribution in [2.75, 3.05) is 21.3 Å². The Kier molecular flexibility index (Phi) is 5.59. The molecule has 1 heterocycles. The molecule has 0 N–H and O–H groups in total. The van der Waals surface area contributed by atoms with Crippen molar-refractivity contribution < 1.29 is 23.8 Å². The lowest BCUT2D eigenvalue weighted by Gasteiger charge is -2.37. The molecule has 6 nitrogen and oxygen atoms in total. The maximum atomic E-state index is 13.4. The summed E-state index contributed by atoms with van der Waals surface area (Å²) in [6, 6.07) is 20.2. The van der Waals surface area contributed by atoms with E-state index in [-0.39, 0.29) is 12.5 Å². The number of methoxy groups -OCH3 is 3. The fourth-order valence-electron chi connectivity index (χ4n) is 3.64. The Bertz CT molecular complexity index is 1030. The molecule has 1 atom stereocenters. The summed E-state index contributed by atoms with van der Waals surface area (Å²) in [4.78, 5) is 19.3.